The number of piperidine rings is 1. The zero-order valence-corrected chi connectivity index (χ0v) is 21.3. The summed E-state index contributed by atoms with van der Waals surface area (Å²) in [5, 5.41) is 14.9. The number of nitrogens with two attached hydrogens (primary N) is 1. The summed E-state index contributed by atoms with van der Waals surface area (Å²) >= 11 is 1.90. The lowest BCUT2D eigenvalue weighted by molar-refractivity contribution is -0.301. The van der Waals surface area contributed by atoms with Gasteiger partial charge in [-0.25, -0.2) is 13.1 Å². The predicted molar refractivity (Wildman–Crippen MR) is 126 cm³/mol. The van der Waals surface area contributed by atoms with Crippen LogP contribution < -0.4 is 20.9 Å². The van der Waals surface area contributed by atoms with Crippen LogP contribution in [0.25, 0.3) is 0 Å². The third kappa shape index (κ3) is 8.25. The molecule has 1 aliphatic rings. The Bertz CT molecular complexity index is 982. The van der Waals surface area contributed by atoms with Crippen molar-refractivity contribution in [2.24, 2.45) is 11.7 Å². The van der Waals surface area contributed by atoms with E-state index in [1.807, 2.05) is 13.8 Å². The molecular weight excluding hydrogens is 504 g/mol. The fourth-order valence-corrected chi connectivity index (χ4v) is 6.51. The molecule has 0 unspecified atom stereocenters. The van der Waals surface area contributed by atoms with E-state index < -0.39 is 51.8 Å². The van der Waals surface area contributed by atoms with Gasteiger partial charge >= 0.3 is 0 Å². The number of sulfonamides is 1. The molecule has 0 aliphatic carbocycles. The number of thiophene rings is 1. The van der Waals surface area contributed by atoms with E-state index in [2.05, 4.69) is 10.0 Å². The van der Waals surface area contributed by atoms with E-state index in [9.17, 15) is 32.7 Å². The maximum atomic E-state index is 13.1. The Morgan fingerprint density at radius 1 is 1.29 bits per heavy atom. The first-order chi connectivity index (χ1) is 15.9. The zero-order valence-electron chi connectivity index (χ0n) is 18.9. The van der Waals surface area contributed by atoms with E-state index in [1.54, 1.807) is 11.4 Å². The first-order valence-electron chi connectivity index (χ1n) is 10.6. The summed E-state index contributed by atoms with van der Waals surface area (Å²) in [6.45, 7) is 3.80. The number of carboxylic acid groups (broad SMARTS) is 1. The van der Waals surface area contributed by atoms with Crippen LogP contribution in [0.2, 0.25) is 0 Å². The molecule has 34 heavy (non-hydrogen) atoms. The lowest BCUT2D eigenvalue weighted by Crippen LogP contribution is -2.60. The number of carbonyl (C=O) groups excluding carboxylic acids is 4. The summed E-state index contributed by atoms with van der Waals surface area (Å²) < 4.78 is 28.0. The third-order valence-electron chi connectivity index (χ3n) is 5.12. The number of aliphatic carboxylic acids is 1. The van der Waals surface area contributed by atoms with Crippen LogP contribution in [-0.2, 0) is 29.2 Å². The highest BCUT2D eigenvalue weighted by Gasteiger charge is 2.38. The number of nitrogens with one attached hydrogen (secondary N) is 2. The fourth-order valence-electron chi connectivity index (χ4n) is 3.60. The number of amides is 3. The molecule has 3 atom stereocenters. The van der Waals surface area contributed by atoms with Crippen molar-refractivity contribution >= 4 is 56.8 Å². The van der Waals surface area contributed by atoms with Crippen LogP contribution in [0.3, 0.4) is 0 Å². The van der Waals surface area contributed by atoms with Gasteiger partial charge in [0.1, 0.15) is 16.3 Å². The lowest BCUT2D eigenvalue weighted by Gasteiger charge is -2.39. The van der Waals surface area contributed by atoms with E-state index >= 15 is 0 Å². The van der Waals surface area contributed by atoms with E-state index in [-0.39, 0.29) is 41.0 Å². The number of primary amides is 1. The maximum Gasteiger partial charge on any atom is 0.250 e. The number of nitrogens with zero attached hydrogens (tertiary/aromatic N) is 1. The van der Waals surface area contributed by atoms with Gasteiger partial charge in [0.15, 0.2) is 0 Å². The van der Waals surface area contributed by atoms with E-state index in [1.165, 1.54) is 11.0 Å². The largest absolute Gasteiger partial charge is 0.549 e. The molecule has 0 radical (unpaired) electrons. The van der Waals surface area contributed by atoms with Gasteiger partial charge in [-0.15, -0.1) is 23.1 Å². The molecule has 1 aromatic rings. The van der Waals surface area contributed by atoms with Crippen molar-refractivity contribution in [1.29, 1.82) is 0 Å². The van der Waals surface area contributed by atoms with Gasteiger partial charge in [-0.2, -0.15) is 0 Å². The molecule has 4 N–H and O–H groups in total. The minimum atomic E-state index is -3.80. The van der Waals surface area contributed by atoms with Crippen molar-refractivity contribution in [3.63, 3.8) is 0 Å². The molecule has 0 bridgehead atoms. The van der Waals surface area contributed by atoms with Gasteiger partial charge in [-0.05, 0) is 36.6 Å². The Balaban J connectivity index is 2.19. The van der Waals surface area contributed by atoms with Crippen molar-refractivity contribution in [3.05, 3.63) is 17.5 Å². The monoisotopic (exact) mass is 533 g/mol. The molecule has 0 aromatic carbocycles. The molecule has 0 spiro atoms. The van der Waals surface area contributed by atoms with Gasteiger partial charge in [0.05, 0.1) is 11.7 Å². The van der Waals surface area contributed by atoms with Crippen LogP contribution in [0.15, 0.2) is 21.7 Å². The molecule has 190 valence electrons. The summed E-state index contributed by atoms with van der Waals surface area (Å²) in [6, 6.07) is 0.447. The number of carboxylic acids is 1. The Kier molecular flexibility index (Phi) is 10.3. The predicted octanol–water partition coefficient (Wildman–Crippen LogP) is -1.11. The van der Waals surface area contributed by atoms with Crippen LogP contribution in [0.1, 0.15) is 33.1 Å². The topological polar surface area (TPSA) is 179 Å². The standard InChI is InChI=1S/C20H30N4O7S3/c1-12(2)8-14(19(21)28)22-20(29)15-9-13(23-34(30,31)18-4-3-7-33-18)5-6-24(15)16(25)10-32-11-17(26)27/h3-4,7,12-15,23H,5-6,8-11H2,1-2H3,(H2,21,28)(H,22,29)(H,26,27)/p-1/t13-,14+,15-/m0/s1. The second kappa shape index (κ2) is 12.5. The molecule has 3 amide bonds. The Hall–Kier alpha value is -2.16. The first kappa shape index (κ1) is 28.1. The first-order valence-corrected chi connectivity index (χ1v) is 14.1. The minimum Gasteiger partial charge on any atom is -0.549 e. The van der Waals surface area contributed by atoms with Crippen molar-refractivity contribution < 1.29 is 32.7 Å². The van der Waals surface area contributed by atoms with Crippen LogP contribution in [0.4, 0.5) is 0 Å². The van der Waals surface area contributed by atoms with Crippen LogP contribution >= 0.6 is 23.1 Å². The van der Waals surface area contributed by atoms with Crippen molar-refractivity contribution in [2.45, 2.75) is 55.4 Å². The van der Waals surface area contributed by atoms with Crippen molar-refractivity contribution in [1.82, 2.24) is 14.9 Å². The van der Waals surface area contributed by atoms with Gasteiger partial charge < -0.3 is 25.9 Å². The Labute approximate surface area is 206 Å². The van der Waals surface area contributed by atoms with Crippen molar-refractivity contribution in [3.8, 4) is 0 Å². The van der Waals surface area contributed by atoms with Gasteiger partial charge in [-0.3, -0.25) is 14.4 Å². The van der Waals surface area contributed by atoms with Crippen molar-refractivity contribution in [2.75, 3.05) is 18.1 Å². The highest BCUT2D eigenvalue weighted by Crippen LogP contribution is 2.23. The molecule has 2 rings (SSSR count). The molecule has 2 heterocycles. The van der Waals surface area contributed by atoms with E-state index in [4.69, 9.17) is 5.73 Å². The molecule has 0 saturated carbocycles. The molecule has 1 saturated heterocycles. The SMILES string of the molecule is CC(C)C[C@@H](NC(=O)[C@@H]1C[C@@H](NS(=O)(=O)c2cccs2)CCN1C(=O)CSCC(=O)[O-])C(N)=O. The van der Waals surface area contributed by atoms with E-state index in [0.29, 0.717) is 6.42 Å². The number of hydrogen-bond acceptors (Lipinski definition) is 9. The minimum absolute atomic E-state index is 0.0134. The summed E-state index contributed by atoms with van der Waals surface area (Å²) in [4.78, 5) is 49.7. The number of thioether (sulfide) groups is 1. The average molecular weight is 534 g/mol. The number of rotatable bonds is 12. The van der Waals surface area contributed by atoms with Crippen LogP contribution in [-0.4, -0.2) is 73.2 Å². The highest BCUT2D eigenvalue weighted by molar-refractivity contribution is 8.00. The molecular formula is C20H29N4O7S3-. The average Bonchev–Trinajstić information content (AvgIpc) is 3.28. The van der Waals surface area contributed by atoms with Gasteiger partial charge in [0.2, 0.25) is 27.7 Å². The quantitative estimate of drug-likeness (QED) is 0.302. The lowest BCUT2D eigenvalue weighted by atomic mass is 9.96. The molecule has 1 aromatic heterocycles. The summed E-state index contributed by atoms with van der Waals surface area (Å²) in [5.74, 6) is -3.62. The normalized spacial score (nSPS) is 19.6. The maximum absolute atomic E-state index is 13.1. The number of likely N-dealkylation sites (tertiary alicyclic amines) is 1. The van der Waals surface area contributed by atoms with Crippen LogP contribution in [0, 0.1) is 5.92 Å². The Morgan fingerprint density at radius 2 is 2.00 bits per heavy atom. The number of carbonyl (C=O) groups is 4. The summed E-state index contributed by atoms with van der Waals surface area (Å²) in [5.41, 5.74) is 5.43. The smallest absolute Gasteiger partial charge is 0.250 e. The van der Waals surface area contributed by atoms with Gasteiger partial charge in [-0.1, -0.05) is 19.9 Å². The van der Waals surface area contributed by atoms with Gasteiger partial charge in [0, 0.05) is 18.3 Å². The molecule has 1 fully saturated rings. The van der Waals surface area contributed by atoms with Crippen LogP contribution in [0.5, 0.6) is 0 Å². The molecule has 11 nitrogen and oxygen atoms in total. The third-order valence-corrected chi connectivity index (χ3v) is 8.93. The Morgan fingerprint density at radius 3 is 2.56 bits per heavy atom. The highest BCUT2D eigenvalue weighted by atomic mass is 32.2. The van der Waals surface area contributed by atoms with Gasteiger partial charge in [0.25, 0.3) is 0 Å². The van der Waals surface area contributed by atoms with E-state index in [0.717, 1.165) is 23.1 Å². The second-order valence-corrected chi connectivity index (χ2v) is 12.2. The fraction of sp³-hybridized carbons (Fsp3) is 0.600. The molecule has 1 aliphatic heterocycles. The zero-order chi connectivity index (χ0) is 25.5. The summed E-state index contributed by atoms with van der Waals surface area (Å²) in [6.07, 6.45) is 0.550. The summed E-state index contributed by atoms with van der Waals surface area (Å²) in [7, 11) is -3.80. The molecule has 14 heteroatoms. The number of hydrogen-bond donors (Lipinski definition) is 3. The second-order valence-electron chi connectivity index (χ2n) is 8.34.